The number of nitrogens with zero attached hydrogens (tertiary/aromatic N) is 1. The molecule has 0 spiro atoms. The molecule has 2 aromatic rings. The smallest absolute Gasteiger partial charge is 0.344 e. The SMILES string of the molecule is CCOC(=O)C1=C(O)/C(=C/c2cc(I)c(OCC)c(OC)c2)SC1=NC(=O)c1ccc(C(C)(C)C)cc1. The summed E-state index contributed by atoms with van der Waals surface area (Å²) in [6.45, 7) is 10.4. The van der Waals surface area contributed by atoms with E-state index in [1.54, 1.807) is 38.3 Å². The molecular formula is C28H30INO6S. The molecule has 0 saturated carbocycles. The fraction of sp³-hybridized carbons (Fsp3) is 0.321. The molecule has 0 fully saturated rings. The van der Waals surface area contributed by atoms with Crippen LogP contribution in [0.4, 0.5) is 0 Å². The van der Waals surface area contributed by atoms with Crippen molar-refractivity contribution in [1.29, 1.82) is 0 Å². The third-order valence-corrected chi connectivity index (χ3v) is 7.23. The van der Waals surface area contributed by atoms with Gasteiger partial charge in [0.1, 0.15) is 16.4 Å². The Balaban J connectivity index is 2.01. The Kier molecular flexibility index (Phi) is 9.46. The number of carbonyl (C=O) groups is 2. The Labute approximate surface area is 235 Å². The first-order chi connectivity index (χ1) is 17.5. The van der Waals surface area contributed by atoms with Crippen LogP contribution in [0.15, 0.2) is 57.6 Å². The minimum absolute atomic E-state index is 0.0541. The lowest BCUT2D eigenvalue weighted by molar-refractivity contribution is -0.138. The average molecular weight is 636 g/mol. The van der Waals surface area contributed by atoms with E-state index in [1.165, 1.54) is 0 Å². The maximum atomic E-state index is 13.0. The molecule has 196 valence electrons. The average Bonchev–Trinajstić information content (AvgIpc) is 3.14. The minimum atomic E-state index is -0.746. The van der Waals surface area contributed by atoms with Gasteiger partial charge >= 0.3 is 5.97 Å². The molecule has 3 rings (SSSR count). The standard InChI is InChI=1S/C28H30INO6S/c1-7-35-24-19(29)13-16(14-20(24)34-6)15-21-23(31)22(27(33)36-8-2)26(37-21)30-25(32)17-9-11-18(12-10-17)28(3,4)5/h9-15,31H,7-8H2,1-6H3/b21-15-,30-26?. The number of methoxy groups -OCH3 is 1. The van der Waals surface area contributed by atoms with Crippen LogP contribution in [0.1, 0.15) is 56.1 Å². The van der Waals surface area contributed by atoms with Gasteiger partial charge in [-0.15, -0.1) is 0 Å². The molecule has 37 heavy (non-hydrogen) atoms. The van der Waals surface area contributed by atoms with Crippen LogP contribution in [0, 0.1) is 3.57 Å². The lowest BCUT2D eigenvalue weighted by Gasteiger charge is -2.18. The lowest BCUT2D eigenvalue weighted by Crippen LogP contribution is -2.14. The monoisotopic (exact) mass is 635 g/mol. The quantitative estimate of drug-likeness (QED) is 0.268. The predicted octanol–water partition coefficient (Wildman–Crippen LogP) is 6.70. The number of halogens is 1. The van der Waals surface area contributed by atoms with Gasteiger partial charge in [-0.1, -0.05) is 44.7 Å². The van der Waals surface area contributed by atoms with Crippen LogP contribution in [0.2, 0.25) is 0 Å². The molecule has 0 aromatic heterocycles. The number of hydrogen-bond donors (Lipinski definition) is 1. The van der Waals surface area contributed by atoms with Gasteiger partial charge < -0.3 is 19.3 Å². The Morgan fingerprint density at radius 3 is 2.35 bits per heavy atom. The number of benzene rings is 2. The molecule has 0 saturated heterocycles. The summed E-state index contributed by atoms with van der Waals surface area (Å²) in [7, 11) is 1.55. The van der Waals surface area contributed by atoms with Crippen LogP contribution in [-0.4, -0.2) is 42.4 Å². The van der Waals surface area contributed by atoms with E-state index in [1.807, 2.05) is 25.1 Å². The second-order valence-corrected chi connectivity index (χ2v) is 11.3. The molecule has 1 aliphatic rings. The van der Waals surface area contributed by atoms with Gasteiger partial charge in [0.2, 0.25) is 0 Å². The van der Waals surface area contributed by atoms with E-state index < -0.39 is 11.9 Å². The first-order valence-electron chi connectivity index (χ1n) is 11.7. The van der Waals surface area contributed by atoms with Crippen molar-refractivity contribution in [2.24, 2.45) is 4.99 Å². The van der Waals surface area contributed by atoms with Gasteiger partial charge in [-0.3, -0.25) is 4.79 Å². The van der Waals surface area contributed by atoms with Gasteiger partial charge in [0.25, 0.3) is 5.91 Å². The topological polar surface area (TPSA) is 94.4 Å². The highest BCUT2D eigenvalue weighted by molar-refractivity contribution is 14.1. The molecule has 1 amide bonds. The fourth-order valence-corrected chi connectivity index (χ4v) is 5.31. The largest absolute Gasteiger partial charge is 0.506 e. The second kappa shape index (κ2) is 12.2. The number of amides is 1. The molecule has 7 nitrogen and oxygen atoms in total. The zero-order valence-electron chi connectivity index (χ0n) is 21.7. The molecule has 9 heteroatoms. The molecule has 1 N–H and O–H groups in total. The van der Waals surface area contributed by atoms with Gasteiger partial charge in [0, 0.05) is 5.56 Å². The number of thioether (sulfide) groups is 1. The van der Waals surface area contributed by atoms with Crippen LogP contribution in [-0.2, 0) is 14.9 Å². The molecule has 2 aromatic carbocycles. The molecule has 0 atom stereocenters. The summed E-state index contributed by atoms with van der Waals surface area (Å²) in [6, 6.07) is 10.9. The van der Waals surface area contributed by atoms with E-state index in [4.69, 9.17) is 14.2 Å². The highest BCUT2D eigenvalue weighted by Gasteiger charge is 2.34. The van der Waals surface area contributed by atoms with Gasteiger partial charge in [-0.25, -0.2) is 9.79 Å². The first-order valence-corrected chi connectivity index (χ1v) is 13.6. The molecular weight excluding hydrogens is 605 g/mol. The van der Waals surface area contributed by atoms with Crippen LogP contribution < -0.4 is 9.47 Å². The number of aliphatic hydroxyl groups excluding tert-OH is 1. The fourth-order valence-electron chi connectivity index (χ4n) is 3.52. The number of rotatable bonds is 7. The molecule has 0 aliphatic carbocycles. The van der Waals surface area contributed by atoms with Gasteiger partial charge in [0.05, 0.1) is 28.8 Å². The van der Waals surface area contributed by atoms with Crippen LogP contribution in [0.25, 0.3) is 6.08 Å². The third-order valence-electron chi connectivity index (χ3n) is 5.41. The molecule has 0 bridgehead atoms. The van der Waals surface area contributed by atoms with Crippen LogP contribution >= 0.6 is 34.4 Å². The van der Waals surface area contributed by atoms with Crippen molar-refractivity contribution in [2.45, 2.75) is 40.0 Å². The van der Waals surface area contributed by atoms with Gasteiger partial charge in [-0.2, -0.15) is 0 Å². The van der Waals surface area contributed by atoms with Crippen LogP contribution in [0.5, 0.6) is 11.5 Å². The molecule has 1 heterocycles. The van der Waals surface area contributed by atoms with Crippen molar-refractivity contribution < 1.29 is 28.9 Å². The summed E-state index contributed by atoms with van der Waals surface area (Å²) in [5, 5.41) is 11.0. The third kappa shape index (κ3) is 6.75. The molecule has 1 aliphatic heterocycles. The highest BCUT2D eigenvalue weighted by Crippen LogP contribution is 2.41. The van der Waals surface area contributed by atoms with Crippen molar-refractivity contribution in [3.63, 3.8) is 0 Å². The minimum Gasteiger partial charge on any atom is -0.506 e. The normalized spacial score (nSPS) is 15.9. The van der Waals surface area contributed by atoms with Crippen molar-refractivity contribution in [3.8, 4) is 11.5 Å². The van der Waals surface area contributed by atoms with Crippen molar-refractivity contribution in [3.05, 3.63) is 72.9 Å². The van der Waals surface area contributed by atoms with Crippen LogP contribution in [0.3, 0.4) is 0 Å². The van der Waals surface area contributed by atoms with Gasteiger partial charge in [-0.05, 0) is 83.3 Å². The van der Waals surface area contributed by atoms with E-state index in [0.717, 1.165) is 20.9 Å². The van der Waals surface area contributed by atoms with E-state index in [0.29, 0.717) is 34.1 Å². The Hall–Kier alpha value is -2.79. The Morgan fingerprint density at radius 2 is 1.78 bits per heavy atom. The number of aliphatic hydroxyl groups is 1. The molecule has 0 radical (unpaired) electrons. The van der Waals surface area contributed by atoms with E-state index in [9.17, 15) is 14.7 Å². The number of ether oxygens (including phenoxy) is 3. The highest BCUT2D eigenvalue weighted by atomic mass is 127. The second-order valence-electron chi connectivity index (χ2n) is 9.07. The Morgan fingerprint density at radius 1 is 1.11 bits per heavy atom. The summed E-state index contributed by atoms with van der Waals surface area (Å²) in [4.78, 5) is 30.2. The van der Waals surface area contributed by atoms with E-state index in [2.05, 4.69) is 48.4 Å². The first kappa shape index (κ1) is 28.8. The lowest BCUT2D eigenvalue weighted by atomic mass is 9.87. The summed E-state index contributed by atoms with van der Waals surface area (Å²) < 4.78 is 17.1. The maximum Gasteiger partial charge on any atom is 0.344 e. The Bertz CT molecular complexity index is 1290. The molecule has 0 unspecified atom stereocenters. The van der Waals surface area contributed by atoms with Crippen molar-refractivity contribution >= 4 is 57.3 Å². The van der Waals surface area contributed by atoms with Crippen molar-refractivity contribution in [1.82, 2.24) is 0 Å². The number of hydrogen-bond acceptors (Lipinski definition) is 7. The van der Waals surface area contributed by atoms with Crippen molar-refractivity contribution in [2.75, 3.05) is 20.3 Å². The number of esters is 1. The van der Waals surface area contributed by atoms with Gasteiger partial charge in [0.15, 0.2) is 11.5 Å². The summed E-state index contributed by atoms with van der Waals surface area (Å²) in [6.07, 6.45) is 1.70. The summed E-state index contributed by atoms with van der Waals surface area (Å²) in [5.74, 6) is -0.383. The zero-order valence-corrected chi connectivity index (χ0v) is 24.7. The maximum absolute atomic E-state index is 13.0. The van der Waals surface area contributed by atoms with E-state index >= 15 is 0 Å². The summed E-state index contributed by atoms with van der Waals surface area (Å²) >= 11 is 3.18. The van der Waals surface area contributed by atoms with E-state index in [-0.39, 0.29) is 28.4 Å². The number of carbonyl (C=O) groups excluding carboxylic acids is 2. The zero-order chi connectivity index (χ0) is 27.3. The number of aliphatic imine (C=N–C) groups is 1. The summed E-state index contributed by atoms with van der Waals surface area (Å²) in [5.41, 5.74) is 1.99. The predicted molar refractivity (Wildman–Crippen MR) is 156 cm³/mol.